The number of carbonyl (C=O) groups excluding carboxylic acids is 1. The molecule has 1 unspecified atom stereocenters. The molecule has 0 radical (unpaired) electrons. The molecule has 0 spiro atoms. The first-order chi connectivity index (χ1) is 11.7. The summed E-state index contributed by atoms with van der Waals surface area (Å²) in [6.07, 6.45) is 5.70. The van der Waals surface area contributed by atoms with Crippen molar-refractivity contribution in [1.29, 1.82) is 0 Å². The average molecular weight is 325 g/mol. The summed E-state index contributed by atoms with van der Waals surface area (Å²) in [5.41, 5.74) is 2.61. The Balaban J connectivity index is 1.28. The Bertz CT molecular complexity index is 710. The van der Waals surface area contributed by atoms with E-state index in [9.17, 15) is 4.79 Å². The summed E-state index contributed by atoms with van der Waals surface area (Å²) in [4.78, 5) is 20.4. The monoisotopic (exact) mass is 325 g/mol. The van der Waals surface area contributed by atoms with E-state index < -0.39 is 0 Å². The molecule has 1 atom stereocenters. The molecule has 1 aliphatic carbocycles. The number of amides is 1. The van der Waals surface area contributed by atoms with Gasteiger partial charge in [-0.1, -0.05) is 25.1 Å². The predicted octanol–water partition coefficient (Wildman–Crippen LogP) is 2.90. The standard InChI is InChI=1S/C20H27N3O/c1-15(16-6-7-16)20(24)23-12-10-22(11-13-23)9-8-17-14-21-19-5-3-2-4-18(17)19/h2-5,14-16,21H,6-13H2,1H3. The van der Waals surface area contributed by atoms with Crippen LogP contribution in [-0.2, 0) is 11.2 Å². The zero-order valence-corrected chi connectivity index (χ0v) is 14.5. The van der Waals surface area contributed by atoms with Crippen LogP contribution in [0.1, 0.15) is 25.3 Å². The van der Waals surface area contributed by atoms with E-state index in [1.165, 1.54) is 29.3 Å². The second-order valence-corrected chi connectivity index (χ2v) is 7.40. The van der Waals surface area contributed by atoms with Gasteiger partial charge in [0.05, 0.1) is 0 Å². The van der Waals surface area contributed by atoms with Crippen LogP contribution in [0.25, 0.3) is 10.9 Å². The summed E-state index contributed by atoms with van der Waals surface area (Å²) in [6, 6.07) is 8.49. The number of fused-ring (bicyclic) bond motifs is 1. The zero-order valence-electron chi connectivity index (χ0n) is 14.5. The van der Waals surface area contributed by atoms with Gasteiger partial charge in [-0.25, -0.2) is 0 Å². The molecular weight excluding hydrogens is 298 g/mol. The van der Waals surface area contributed by atoms with Crippen LogP contribution in [0.2, 0.25) is 0 Å². The summed E-state index contributed by atoms with van der Waals surface area (Å²) in [5, 5.41) is 1.34. The van der Waals surface area contributed by atoms with Crippen LogP contribution in [-0.4, -0.2) is 53.4 Å². The Morgan fingerprint density at radius 3 is 2.71 bits per heavy atom. The molecule has 1 N–H and O–H groups in total. The maximum Gasteiger partial charge on any atom is 0.225 e. The normalized spacial score (nSPS) is 20.5. The Kier molecular flexibility index (Phi) is 4.31. The highest BCUT2D eigenvalue weighted by Gasteiger charge is 2.35. The second-order valence-electron chi connectivity index (χ2n) is 7.40. The number of nitrogens with zero attached hydrogens (tertiary/aromatic N) is 2. The molecule has 1 aromatic carbocycles. The number of nitrogens with one attached hydrogen (secondary N) is 1. The minimum Gasteiger partial charge on any atom is -0.361 e. The molecule has 4 heteroatoms. The molecule has 1 saturated heterocycles. The lowest BCUT2D eigenvalue weighted by Gasteiger charge is -2.36. The summed E-state index contributed by atoms with van der Waals surface area (Å²) in [5.74, 6) is 1.29. The van der Waals surface area contributed by atoms with Crippen molar-refractivity contribution >= 4 is 16.8 Å². The fourth-order valence-corrected chi connectivity index (χ4v) is 3.89. The first kappa shape index (κ1) is 15.7. The van der Waals surface area contributed by atoms with E-state index >= 15 is 0 Å². The number of hydrogen-bond donors (Lipinski definition) is 1. The SMILES string of the molecule is CC(C(=O)N1CCN(CCc2c[nH]c3ccccc23)CC1)C1CC1. The number of aromatic nitrogens is 1. The fraction of sp³-hybridized carbons (Fsp3) is 0.550. The van der Waals surface area contributed by atoms with Gasteiger partial charge in [0.2, 0.25) is 5.91 Å². The zero-order chi connectivity index (χ0) is 16.5. The van der Waals surface area contributed by atoms with Crippen LogP contribution >= 0.6 is 0 Å². The van der Waals surface area contributed by atoms with E-state index in [0.29, 0.717) is 11.8 Å². The molecule has 2 heterocycles. The lowest BCUT2D eigenvalue weighted by atomic mass is 10.0. The Morgan fingerprint density at radius 1 is 1.21 bits per heavy atom. The number of H-pyrrole nitrogens is 1. The van der Waals surface area contributed by atoms with Gasteiger partial charge >= 0.3 is 0 Å². The molecular formula is C20H27N3O. The number of hydrogen-bond acceptors (Lipinski definition) is 2. The van der Waals surface area contributed by atoms with E-state index in [1.807, 2.05) is 0 Å². The lowest BCUT2D eigenvalue weighted by molar-refractivity contribution is -0.137. The van der Waals surface area contributed by atoms with Crippen molar-refractivity contribution in [3.63, 3.8) is 0 Å². The lowest BCUT2D eigenvalue weighted by Crippen LogP contribution is -2.50. The van der Waals surface area contributed by atoms with Crippen LogP contribution in [0.4, 0.5) is 0 Å². The largest absolute Gasteiger partial charge is 0.361 e. The number of carbonyl (C=O) groups is 1. The van der Waals surface area contributed by atoms with Crippen molar-refractivity contribution < 1.29 is 4.79 Å². The van der Waals surface area contributed by atoms with Crippen molar-refractivity contribution in [2.75, 3.05) is 32.7 Å². The van der Waals surface area contributed by atoms with Crippen molar-refractivity contribution in [2.24, 2.45) is 11.8 Å². The topological polar surface area (TPSA) is 39.3 Å². The molecule has 2 fully saturated rings. The summed E-state index contributed by atoms with van der Waals surface area (Å²) < 4.78 is 0. The molecule has 2 aliphatic rings. The van der Waals surface area contributed by atoms with Crippen molar-refractivity contribution in [1.82, 2.24) is 14.8 Å². The molecule has 1 aliphatic heterocycles. The van der Waals surface area contributed by atoms with Crippen molar-refractivity contribution in [3.8, 4) is 0 Å². The van der Waals surface area contributed by atoms with Gasteiger partial charge < -0.3 is 9.88 Å². The molecule has 24 heavy (non-hydrogen) atoms. The summed E-state index contributed by atoms with van der Waals surface area (Å²) in [7, 11) is 0. The maximum absolute atomic E-state index is 12.5. The van der Waals surface area contributed by atoms with Crippen LogP contribution in [0.5, 0.6) is 0 Å². The third kappa shape index (κ3) is 3.20. The highest BCUT2D eigenvalue weighted by molar-refractivity contribution is 5.83. The van der Waals surface area contributed by atoms with Gasteiger partial charge in [-0.3, -0.25) is 9.69 Å². The van der Waals surface area contributed by atoms with Crippen molar-refractivity contribution in [2.45, 2.75) is 26.2 Å². The van der Waals surface area contributed by atoms with Crippen LogP contribution in [0.15, 0.2) is 30.5 Å². The van der Waals surface area contributed by atoms with Gasteiger partial charge in [0, 0.05) is 55.7 Å². The van der Waals surface area contributed by atoms with Crippen LogP contribution < -0.4 is 0 Å². The van der Waals surface area contributed by atoms with Gasteiger partial charge in [-0.05, 0) is 36.8 Å². The van der Waals surface area contributed by atoms with Gasteiger partial charge in [0.25, 0.3) is 0 Å². The summed E-state index contributed by atoms with van der Waals surface area (Å²) in [6.45, 7) is 6.98. The predicted molar refractivity (Wildman–Crippen MR) is 96.9 cm³/mol. The molecule has 1 aromatic heterocycles. The van der Waals surface area contributed by atoms with E-state index in [-0.39, 0.29) is 5.92 Å². The van der Waals surface area contributed by atoms with Crippen LogP contribution in [0, 0.1) is 11.8 Å². The summed E-state index contributed by atoms with van der Waals surface area (Å²) >= 11 is 0. The van der Waals surface area contributed by atoms with Gasteiger partial charge in [-0.15, -0.1) is 0 Å². The number of rotatable bonds is 5. The third-order valence-corrected chi connectivity index (χ3v) is 5.77. The fourth-order valence-electron chi connectivity index (χ4n) is 3.89. The van der Waals surface area contributed by atoms with E-state index in [2.05, 4.69) is 52.2 Å². The Morgan fingerprint density at radius 2 is 1.96 bits per heavy atom. The molecule has 4 nitrogen and oxygen atoms in total. The number of benzene rings is 1. The Labute approximate surface area is 143 Å². The average Bonchev–Trinajstić information content (AvgIpc) is 3.40. The molecule has 4 rings (SSSR count). The number of para-hydroxylation sites is 1. The molecule has 0 bridgehead atoms. The first-order valence-electron chi connectivity index (χ1n) is 9.28. The highest BCUT2D eigenvalue weighted by Crippen LogP contribution is 2.37. The van der Waals surface area contributed by atoms with Crippen LogP contribution in [0.3, 0.4) is 0 Å². The maximum atomic E-state index is 12.5. The van der Waals surface area contributed by atoms with E-state index in [1.54, 1.807) is 0 Å². The van der Waals surface area contributed by atoms with Gasteiger partial charge in [0.15, 0.2) is 0 Å². The second kappa shape index (κ2) is 6.60. The third-order valence-electron chi connectivity index (χ3n) is 5.77. The van der Waals surface area contributed by atoms with E-state index in [0.717, 1.165) is 39.1 Å². The quantitative estimate of drug-likeness (QED) is 0.918. The minimum absolute atomic E-state index is 0.239. The van der Waals surface area contributed by atoms with Gasteiger partial charge in [0.1, 0.15) is 0 Å². The first-order valence-corrected chi connectivity index (χ1v) is 9.28. The smallest absolute Gasteiger partial charge is 0.225 e. The van der Waals surface area contributed by atoms with Gasteiger partial charge in [-0.2, -0.15) is 0 Å². The number of piperazine rings is 1. The van der Waals surface area contributed by atoms with Crippen molar-refractivity contribution in [3.05, 3.63) is 36.0 Å². The molecule has 1 saturated carbocycles. The highest BCUT2D eigenvalue weighted by atomic mass is 16.2. The molecule has 1 amide bonds. The molecule has 128 valence electrons. The molecule has 2 aromatic rings. The Hall–Kier alpha value is -1.81. The minimum atomic E-state index is 0.239. The van der Waals surface area contributed by atoms with E-state index in [4.69, 9.17) is 0 Å². The number of aromatic amines is 1.